The first-order valence-electron chi connectivity index (χ1n) is 12.2. The van der Waals surface area contributed by atoms with Crippen LogP contribution in [-0.4, -0.2) is 136 Å². The van der Waals surface area contributed by atoms with Crippen molar-refractivity contribution in [1.82, 2.24) is 0 Å². The van der Waals surface area contributed by atoms with Gasteiger partial charge in [-0.25, -0.2) is 9.59 Å². The molecular formula is C23H35N2O14+. The lowest BCUT2D eigenvalue weighted by atomic mass is 9.88. The Labute approximate surface area is 222 Å². The molecule has 0 spiro atoms. The van der Waals surface area contributed by atoms with Crippen molar-refractivity contribution in [3.8, 4) is 5.75 Å². The Morgan fingerprint density at radius 3 is 2.36 bits per heavy atom. The number of benzene rings is 1. The topological polar surface area (TPSA) is 265 Å². The average Bonchev–Trinajstić information content (AvgIpc) is 2.91. The van der Waals surface area contributed by atoms with Crippen LogP contribution in [0.4, 0.5) is 5.69 Å². The molecule has 2 aliphatic rings. The summed E-state index contributed by atoms with van der Waals surface area (Å²) in [6.45, 7) is -1.85. The summed E-state index contributed by atoms with van der Waals surface area (Å²) in [5, 5.41) is 72.2. The predicted octanol–water partition coefficient (Wildman–Crippen LogP) is -5.25. The number of quaternary nitrogens is 1. The normalized spacial score (nSPS) is 34.8. The summed E-state index contributed by atoms with van der Waals surface area (Å²) < 4.78 is 25.9. The lowest BCUT2D eigenvalue weighted by Gasteiger charge is -2.42. The summed E-state index contributed by atoms with van der Waals surface area (Å²) in [5.41, 5.74) is 5.60. The minimum Gasteiger partial charge on any atom is -0.507 e. The van der Waals surface area contributed by atoms with Crippen LogP contribution in [0.5, 0.6) is 5.75 Å². The van der Waals surface area contributed by atoms with E-state index in [4.69, 9.17) is 29.4 Å². The maximum Gasteiger partial charge on any atom is 0.342 e. The number of esters is 2. The first kappa shape index (κ1) is 30.9. The predicted molar refractivity (Wildman–Crippen MR) is 125 cm³/mol. The zero-order valence-corrected chi connectivity index (χ0v) is 21.0. The summed E-state index contributed by atoms with van der Waals surface area (Å²) in [6.07, 6.45) is -12.7. The Hall–Kier alpha value is -2.64. The zero-order valence-electron chi connectivity index (χ0n) is 21.0. The number of nitrogens with two attached hydrogens (primary N) is 2. The lowest BCUT2D eigenvalue weighted by Crippen LogP contribution is -2.93. The van der Waals surface area contributed by atoms with Crippen molar-refractivity contribution in [2.45, 2.75) is 55.2 Å². The molecule has 220 valence electrons. The van der Waals surface area contributed by atoms with Gasteiger partial charge in [-0.3, -0.25) is 0 Å². The summed E-state index contributed by atoms with van der Waals surface area (Å²) in [7, 11) is 1.61. The summed E-state index contributed by atoms with van der Waals surface area (Å²) in [6, 6.07) is 3.07. The maximum absolute atomic E-state index is 12.5. The molecule has 0 saturated carbocycles. The number of phenols is 1. The van der Waals surface area contributed by atoms with Gasteiger partial charge in [0, 0.05) is 5.69 Å². The molecule has 11 N–H and O–H groups in total. The second kappa shape index (κ2) is 13.6. The van der Waals surface area contributed by atoms with Gasteiger partial charge in [0.25, 0.3) is 0 Å². The van der Waals surface area contributed by atoms with E-state index >= 15 is 0 Å². The number of likely N-dealkylation sites (N-methyl/N-ethyl adjacent to an activating group) is 1. The highest BCUT2D eigenvalue weighted by atomic mass is 16.7. The molecule has 0 radical (unpaired) electrons. The minimum atomic E-state index is -1.90. The Morgan fingerprint density at radius 2 is 1.69 bits per heavy atom. The van der Waals surface area contributed by atoms with Crippen molar-refractivity contribution in [2.24, 2.45) is 5.92 Å². The van der Waals surface area contributed by atoms with E-state index in [2.05, 4.69) is 0 Å². The number of ether oxygens (including phenoxy) is 5. The fourth-order valence-corrected chi connectivity index (χ4v) is 4.38. The third kappa shape index (κ3) is 7.12. The number of hydrogen-bond acceptors (Lipinski definition) is 15. The minimum absolute atomic E-state index is 0.195. The molecule has 0 aliphatic carbocycles. The van der Waals surface area contributed by atoms with Gasteiger partial charge in [0.1, 0.15) is 55.0 Å². The summed E-state index contributed by atoms with van der Waals surface area (Å²) in [5.74, 6) is -3.27. The SMILES string of the molecule is C[NH2+]C1[C@H](O)OC(CO)[C@H](O)[C@@H]1CO[C@@H]1OC(C(=O)OCCOC(=O)c2cc(N)ccc2O)[C@H](O)[C@H](O)C1O. The van der Waals surface area contributed by atoms with Crippen molar-refractivity contribution >= 4 is 17.6 Å². The van der Waals surface area contributed by atoms with Crippen molar-refractivity contribution in [3.63, 3.8) is 0 Å². The molecule has 0 bridgehead atoms. The molecule has 2 fully saturated rings. The molecule has 2 heterocycles. The molecule has 0 amide bonds. The van der Waals surface area contributed by atoms with E-state index in [0.717, 1.165) is 0 Å². The second-order valence-electron chi connectivity index (χ2n) is 9.12. The fourth-order valence-electron chi connectivity index (χ4n) is 4.38. The maximum atomic E-state index is 12.5. The molecule has 0 aromatic heterocycles. The van der Waals surface area contributed by atoms with Gasteiger partial charge < -0.3 is 70.5 Å². The molecule has 2 saturated heterocycles. The van der Waals surface area contributed by atoms with E-state index < -0.39 is 92.9 Å². The van der Waals surface area contributed by atoms with Gasteiger partial charge in [-0.2, -0.15) is 0 Å². The van der Waals surface area contributed by atoms with Crippen LogP contribution < -0.4 is 11.1 Å². The van der Waals surface area contributed by atoms with Gasteiger partial charge in [0.05, 0.1) is 32.3 Å². The number of phenolic OH excluding ortho intramolecular Hbond substituents is 1. The smallest absolute Gasteiger partial charge is 0.342 e. The first-order valence-corrected chi connectivity index (χ1v) is 12.2. The van der Waals surface area contributed by atoms with Gasteiger partial charge in [-0.1, -0.05) is 0 Å². The highest BCUT2D eigenvalue weighted by Crippen LogP contribution is 2.27. The van der Waals surface area contributed by atoms with Crippen LogP contribution in [0.15, 0.2) is 18.2 Å². The monoisotopic (exact) mass is 563 g/mol. The van der Waals surface area contributed by atoms with E-state index in [0.29, 0.717) is 0 Å². The fraction of sp³-hybridized carbons (Fsp3) is 0.652. The second-order valence-corrected chi connectivity index (χ2v) is 9.12. The van der Waals surface area contributed by atoms with E-state index in [-0.39, 0.29) is 23.6 Å². The Bertz CT molecular complexity index is 982. The lowest BCUT2D eigenvalue weighted by molar-refractivity contribution is -0.694. The van der Waals surface area contributed by atoms with Gasteiger partial charge in [-0.05, 0) is 18.2 Å². The third-order valence-corrected chi connectivity index (χ3v) is 6.58. The van der Waals surface area contributed by atoms with Crippen molar-refractivity contribution in [1.29, 1.82) is 0 Å². The summed E-state index contributed by atoms with van der Waals surface area (Å²) in [4.78, 5) is 24.6. The largest absolute Gasteiger partial charge is 0.507 e. The van der Waals surface area contributed by atoms with Gasteiger partial charge in [-0.15, -0.1) is 0 Å². The molecular weight excluding hydrogens is 528 g/mol. The van der Waals surface area contributed by atoms with Crippen LogP contribution in [0.2, 0.25) is 0 Å². The van der Waals surface area contributed by atoms with Crippen molar-refractivity contribution < 1.29 is 74.3 Å². The third-order valence-electron chi connectivity index (χ3n) is 6.58. The number of carbonyl (C=O) groups is 2. The molecule has 39 heavy (non-hydrogen) atoms. The number of anilines is 1. The standard InChI is InChI=1S/C23H34N2O14/c1-25-14-11(15(28)13(7-26)38-21(14)33)8-37-23-18(31)16(29)17(30)19(39-23)22(34)36-5-4-35-20(32)10-6-9(24)2-3-12(10)27/h2-3,6,11,13-19,21,23,25-31,33H,4-5,7-8,24H2,1H3/p+1/t11-,13?,14?,15-,16+,17-,18?,19?,21-,23-/m1/s1. The Kier molecular flexibility index (Phi) is 10.8. The highest BCUT2D eigenvalue weighted by molar-refractivity contribution is 5.93. The number of aromatic hydroxyl groups is 1. The first-order chi connectivity index (χ1) is 18.5. The van der Waals surface area contributed by atoms with Crippen LogP contribution in [-0.2, 0) is 28.5 Å². The molecule has 16 nitrogen and oxygen atoms in total. The van der Waals surface area contributed by atoms with Crippen molar-refractivity contribution in [2.75, 3.05) is 39.2 Å². The number of carbonyl (C=O) groups excluding carboxylic acids is 2. The Morgan fingerprint density at radius 1 is 1.00 bits per heavy atom. The van der Waals surface area contributed by atoms with E-state index in [1.165, 1.54) is 18.2 Å². The Balaban J connectivity index is 1.55. The van der Waals surface area contributed by atoms with Crippen molar-refractivity contribution in [3.05, 3.63) is 23.8 Å². The number of nitrogen functional groups attached to an aromatic ring is 1. The van der Waals surface area contributed by atoms with E-state index in [1.807, 2.05) is 0 Å². The van der Waals surface area contributed by atoms with Crippen LogP contribution >= 0.6 is 0 Å². The molecule has 10 atom stereocenters. The van der Waals surface area contributed by atoms with Gasteiger partial charge in [0.15, 0.2) is 12.4 Å². The van der Waals surface area contributed by atoms with Crippen LogP contribution in [0, 0.1) is 5.92 Å². The molecule has 1 aromatic carbocycles. The zero-order chi connectivity index (χ0) is 28.9. The van der Waals surface area contributed by atoms with Crippen LogP contribution in [0.25, 0.3) is 0 Å². The summed E-state index contributed by atoms with van der Waals surface area (Å²) >= 11 is 0. The number of aliphatic hydroxyl groups is 6. The molecule has 3 rings (SSSR count). The quantitative estimate of drug-likeness (QED) is 0.0557. The van der Waals surface area contributed by atoms with E-state index in [9.17, 15) is 45.3 Å². The molecule has 1 aromatic rings. The highest BCUT2D eigenvalue weighted by Gasteiger charge is 2.50. The average molecular weight is 564 g/mol. The van der Waals surface area contributed by atoms with Gasteiger partial charge in [0.2, 0.25) is 6.29 Å². The van der Waals surface area contributed by atoms with Crippen LogP contribution in [0.3, 0.4) is 0 Å². The number of rotatable bonds is 10. The molecule has 16 heteroatoms. The van der Waals surface area contributed by atoms with Gasteiger partial charge >= 0.3 is 11.9 Å². The van der Waals surface area contributed by atoms with Crippen LogP contribution in [0.1, 0.15) is 10.4 Å². The molecule has 2 aliphatic heterocycles. The number of hydrogen-bond donors (Lipinski definition) is 9. The van der Waals surface area contributed by atoms with E-state index in [1.54, 1.807) is 12.4 Å². The number of aliphatic hydroxyl groups excluding tert-OH is 6. The molecule has 4 unspecified atom stereocenters.